The highest BCUT2D eigenvalue weighted by Gasteiger charge is 2.19. The van der Waals surface area contributed by atoms with Crippen molar-refractivity contribution in [1.29, 1.82) is 0 Å². The molecule has 0 saturated carbocycles. The zero-order chi connectivity index (χ0) is 24.3. The predicted octanol–water partition coefficient (Wildman–Crippen LogP) is 2.33. The highest BCUT2D eigenvalue weighted by Crippen LogP contribution is 2.23. The van der Waals surface area contributed by atoms with Gasteiger partial charge in [0.25, 0.3) is 0 Å². The number of esters is 1. The van der Waals surface area contributed by atoms with Crippen molar-refractivity contribution in [2.24, 2.45) is 7.05 Å². The number of aryl methyl sites for hydroxylation is 2. The van der Waals surface area contributed by atoms with E-state index < -0.39 is 16.0 Å². The normalized spacial score (nSPS) is 11.8. The Morgan fingerprint density at radius 3 is 2.58 bits per heavy atom. The first kappa shape index (κ1) is 24.8. The van der Waals surface area contributed by atoms with Crippen molar-refractivity contribution in [3.8, 4) is 0 Å². The number of nitrogens with zero attached hydrogens (tertiary/aromatic N) is 5. The van der Waals surface area contributed by atoms with E-state index in [0.29, 0.717) is 35.1 Å². The smallest absolute Gasteiger partial charge is 0.306 e. The summed E-state index contributed by atoms with van der Waals surface area (Å²) in [6, 6.07) is 4.79. The van der Waals surface area contributed by atoms with Gasteiger partial charge in [0.15, 0.2) is 5.13 Å². The summed E-state index contributed by atoms with van der Waals surface area (Å²) in [7, 11) is 1.22. The maximum Gasteiger partial charge on any atom is 0.306 e. The molecule has 0 aliphatic heterocycles. The standard InChI is InChI=1S/C21H27N5O5S2/c1-6-26(14(2)27)21-22-15(13-32-21)12-31-20(28)10-9-19-23-17-11-16(33(29,30)24(3)4)7-8-18(17)25(19)5/h7-8,11,13H,6,9-10,12H2,1-5H3. The Morgan fingerprint density at radius 1 is 1.21 bits per heavy atom. The number of benzene rings is 1. The first-order valence-electron chi connectivity index (χ1n) is 10.3. The molecule has 1 aromatic carbocycles. The van der Waals surface area contributed by atoms with Crippen LogP contribution in [-0.2, 0) is 44.4 Å². The van der Waals surface area contributed by atoms with Crippen LogP contribution in [0, 0.1) is 0 Å². The minimum absolute atomic E-state index is 0.0269. The third-order valence-corrected chi connectivity index (χ3v) is 7.85. The molecule has 0 unspecified atom stereocenters. The monoisotopic (exact) mass is 493 g/mol. The van der Waals surface area contributed by atoms with Crippen molar-refractivity contribution in [1.82, 2.24) is 18.8 Å². The number of hydrogen-bond donors (Lipinski definition) is 0. The van der Waals surface area contributed by atoms with Crippen molar-refractivity contribution < 1.29 is 22.7 Å². The van der Waals surface area contributed by atoms with Crippen LogP contribution in [0.4, 0.5) is 5.13 Å². The van der Waals surface area contributed by atoms with Crippen molar-refractivity contribution in [2.45, 2.75) is 38.2 Å². The van der Waals surface area contributed by atoms with E-state index in [-0.39, 0.29) is 23.8 Å². The summed E-state index contributed by atoms with van der Waals surface area (Å²) in [4.78, 5) is 34.5. The summed E-state index contributed by atoms with van der Waals surface area (Å²) in [6.07, 6.45) is 0.460. The van der Waals surface area contributed by atoms with Crippen LogP contribution in [-0.4, -0.2) is 59.8 Å². The molecule has 2 heterocycles. The summed E-state index contributed by atoms with van der Waals surface area (Å²) in [5.41, 5.74) is 1.90. The van der Waals surface area contributed by atoms with Crippen molar-refractivity contribution in [2.75, 3.05) is 25.5 Å². The van der Waals surface area contributed by atoms with Gasteiger partial charge in [-0.2, -0.15) is 0 Å². The van der Waals surface area contributed by atoms with Crippen LogP contribution in [0.15, 0.2) is 28.5 Å². The van der Waals surface area contributed by atoms with Gasteiger partial charge in [-0.1, -0.05) is 0 Å². The van der Waals surface area contributed by atoms with E-state index in [1.165, 1.54) is 38.4 Å². The Kier molecular flexibility index (Phi) is 7.50. The van der Waals surface area contributed by atoms with Crippen LogP contribution in [0.3, 0.4) is 0 Å². The fourth-order valence-electron chi connectivity index (χ4n) is 3.24. The molecule has 0 spiro atoms. The summed E-state index contributed by atoms with van der Waals surface area (Å²) in [5.74, 6) is 0.160. The number of fused-ring (bicyclic) bond motifs is 1. The molecule has 0 aliphatic carbocycles. The Balaban J connectivity index is 1.62. The lowest BCUT2D eigenvalue weighted by atomic mass is 10.3. The molecule has 0 N–H and O–H groups in total. The number of imidazole rings is 1. The first-order chi connectivity index (χ1) is 15.5. The second-order valence-electron chi connectivity index (χ2n) is 7.57. The number of sulfonamides is 1. The van der Waals surface area contributed by atoms with Gasteiger partial charge in [0.05, 0.1) is 28.0 Å². The molecule has 0 atom stereocenters. The van der Waals surface area contributed by atoms with Crippen molar-refractivity contribution >= 4 is 49.4 Å². The SMILES string of the molecule is CCN(C(C)=O)c1nc(COC(=O)CCc2nc3cc(S(=O)(=O)N(C)C)ccc3n2C)cs1. The highest BCUT2D eigenvalue weighted by molar-refractivity contribution is 7.89. The number of amides is 1. The van der Waals surface area contributed by atoms with Crippen LogP contribution in [0.2, 0.25) is 0 Å². The molecular weight excluding hydrogens is 466 g/mol. The lowest BCUT2D eigenvalue weighted by Crippen LogP contribution is -2.27. The Labute approximate surface area is 196 Å². The molecule has 0 radical (unpaired) electrons. The largest absolute Gasteiger partial charge is 0.459 e. The molecule has 2 aromatic heterocycles. The number of carbonyl (C=O) groups is 2. The van der Waals surface area contributed by atoms with E-state index in [0.717, 1.165) is 9.82 Å². The number of carbonyl (C=O) groups excluding carboxylic acids is 2. The van der Waals surface area contributed by atoms with Gasteiger partial charge in [-0.05, 0) is 25.1 Å². The first-order valence-corrected chi connectivity index (χ1v) is 12.6. The number of ether oxygens (including phenoxy) is 1. The molecule has 0 fully saturated rings. The molecule has 10 nitrogen and oxygen atoms in total. The molecule has 0 saturated heterocycles. The summed E-state index contributed by atoms with van der Waals surface area (Å²) in [5, 5.41) is 2.34. The quantitative estimate of drug-likeness (QED) is 0.420. The fourth-order valence-corrected chi connectivity index (χ4v) is 5.08. The second-order valence-corrected chi connectivity index (χ2v) is 10.6. The summed E-state index contributed by atoms with van der Waals surface area (Å²) < 4.78 is 33.0. The van der Waals surface area contributed by atoms with Crippen LogP contribution in [0.1, 0.15) is 31.8 Å². The molecule has 3 aromatic rings. The average Bonchev–Trinajstić information content (AvgIpc) is 3.35. The molecule has 178 valence electrons. The average molecular weight is 494 g/mol. The lowest BCUT2D eigenvalue weighted by molar-refractivity contribution is -0.145. The maximum absolute atomic E-state index is 12.4. The van der Waals surface area contributed by atoms with Crippen LogP contribution >= 0.6 is 11.3 Å². The summed E-state index contributed by atoms with van der Waals surface area (Å²) >= 11 is 1.32. The molecule has 12 heteroatoms. The predicted molar refractivity (Wildman–Crippen MR) is 126 cm³/mol. The Bertz CT molecular complexity index is 1280. The Morgan fingerprint density at radius 2 is 1.94 bits per heavy atom. The lowest BCUT2D eigenvalue weighted by Gasteiger charge is -2.14. The van der Waals surface area contributed by atoms with E-state index in [2.05, 4.69) is 9.97 Å². The molecular formula is C21H27N5O5S2. The van der Waals surface area contributed by atoms with Gasteiger partial charge in [-0.15, -0.1) is 11.3 Å². The minimum Gasteiger partial charge on any atom is -0.459 e. The van der Waals surface area contributed by atoms with Crippen molar-refractivity contribution in [3.05, 3.63) is 35.1 Å². The number of aromatic nitrogens is 3. The van der Waals surface area contributed by atoms with Gasteiger partial charge in [0.2, 0.25) is 15.9 Å². The fraction of sp³-hybridized carbons (Fsp3) is 0.429. The van der Waals surface area contributed by atoms with E-state index in [4.69, 9.17) is 4.74 Å². The zero-order valence-electron chi connectivity index (χ0n) is 19.2. The van der Waals surface area contributed by atoms with E-state index >= 15 is 0 Å². The van der Waals surface area contributed by atoms with E-state index in [1.807, 2.05) is 18.5 Å². The van der Waals surface area contributed by atoms with E-state index in [1.54, 1.807) is 22.4 Å². The molecule has 0 aliphatic rings. The van der Waals surface area contributed by atoms with Crippen LogP contribution in [0.25, 0.3) is 11.0 Å². The van der Waals surface area contributed by atoms with Gasteiger partial charge >= 0.3 is 5.97 Å². The Hall–Kier alpha value is -2.83. The van der Waals surface area contributed by atoms with Gasteiger partial charge < -0.3 is 9.30 Å². The molecule has 0 bridgehead atoms. The number of anilines is 1. The third kappa shape index (κ3) is 5.40. The van der Waals surface area contributed by atoms with Gasteiger partial charge in [-0.25, -0.2) is 22.7 Å². The van der Waals surface area contributed by atoms with Crippen molar-refractivity contribution in [3.63, 3.8) is 0 Å². The minimum atomic E-state index is -3.56. The topological polar surface area (TPSA) is 115 Å². The second kappa shape index (κ2) is 9.98. The van der Waals surface area contributed by atoms with Gasteiger partial charge in [0.1, 0.15) is 12.4 Å². The van der Waals surface area contributed by atoms with E-state index in [9.17, 15) is 18.0 Å². The third-order valence-electron chi connectivity index (χ3n) is 5.12. The molecule has 1 amide bonds. The number of rotatable bonds is 9. The molecule has 3 rings (SSSR count). The highest BCUT2D eigenvalue weighted by atomic mass is 32.2. The van der Waals surface area contributed by atoms with Gasteiger partial charge in [0, 0.05) is 46.4 Å². The number of hydrogen-bond acceptors (Lipinski definition) is 8. The van der Waals surface area contributed by atoms with Crippen LogP contribution < -0.4 is 4.90 Å². The van der Waals surface area contributed by atoms with Crippen LogP contribution in [0.5, 0.6) is 0 Å². The number of thiazole rings is 1. The summed E-state index contributed by atoms with van der Waals surface area (Å²) in [6.45, 7) is 3.89. The molecule has 33 heavy (non-hydrogen) atoms. The maximum atomic E-state index is 12.4. The van der Waals surface area contributed by atoms with Gasteiger partial charge in [-0.3, -0.25) is 14.5 Å². The zero-order valence-corrected chi connectivity index (χ0v) is 20.9.